The Morgan fingerprint density at radius 3 is 2.65 bits per heavy atom. The van der Waals surface area contributed by atoms with Crippen molar-refractivity contribution in [1.82, 2.24) is 14.9 Å². The molecule has 2 amide bonds. The van der Waals surface area contributed by atoms with Crippen LogP contribution in [0.25, 0.3) is 10.6 Å². The molecule has 0 atom stereocenters. The van der Waals surface area contributed by atoms with E-state index in [0.717, 1.165) is 9.88 Å². The number of rotatable bonds is 5. The summed E-state index contributed by atoms with van der Waals surface area (Å²) in [5.41, 5.74) is 0.771. The summed E-state index contributed by atoms with van der Waals surface area (Å²) in [5, 5.41) is 23.4. The van der Waals surface area contributed by atoms with Gasteiger partial charge in [-0.3, -0.25) is 10.1 Å². The van der Waals surface area contributed by atoms with Crippen molar-refractivity contribution in [1.29, 1.82) is 5.26 Å². The van der Waals surface area contributed by atoms with E-state index < -0.39 is 24.1 Å². The molecule has 138 valence electrons. The van der Waals surface area contributed by atoms with Gasteiger partial charge in [-0.25, -0.2) is 14.8 Å². The van der Waals surface area contributed by atoms with Gasteiger partial charge in [-0.05, 0) is 27.7 Å². The Hall–Kier alpha value is -2.51. The van der Waals surface area contributed by atoms with Crippen LogP contribution >= 0.6 is 22.7 Å². The minimum absolute atomic E-state index is 0.252. The minimum atomic E-state index is -1.08. The molecular weight excluding hydrogens is 374 g/mol. The Bertz CT molecular complexity index is 860. The minimum Gasteiger partial charge on any atom is -0.480 e. The number of hydrogen-bond acceptors (Lipinski definition) is 7. The van der Waals surface area contributed by atoms with Gasteiger partial charge in [0.15, 0.2) is 5.13 Å². The van der Waals surface area contributed by atoms with Crippen LogP contribution in [0.1, 0.15) is 31.5 Å². The highest BCUT2D eigenvalue weighted by Crippen LogP contribution is 2.33. The van der Waals surface area contributed by atoms with Gasteiger partial charge in [-0.2, -0.15) is 5.26 Å². The van der Waals surface area contributed by atoms with Crippen molar-refractivity contribution in [3.05, 3.63) is 16.1 Å². The lowest BCUT2D eigenvalue weighted by atomic mass is 10.1. The van der Waals surface area contributed by atoms with Gasteiger partial charge in [0.05, 0.1) is 28.8 Å². The highest BCUT2D eigenvalue weighted by molar-refractivity contribution is 7.19. The number of nitrogens with zero attached hydrogens (tertiary/aromatic N) is 4. The van der Waals surface area contributed by atoms with Crippen LogP contribution in [-0.2, 0) is 11.2 Å². The van der Waals surface area contributed by atoms with Crippen molar-refractivity contribution in [2.24, 2.45) is 0 Å². The fraction of sp³-hybridized carbons (Fsp3) is 0.438. The Labute approximate surface area is 159 Å². The maximum absolute atomic E-state index is 12.5. The first-order valence-electron chi connectivity index (χ1n) is 7.71. The summed E-state index contributed by atoms with van der Waals surface area (Å²) < 4.78 is 0. The zero-order valence-corrected chi connectivity index (χ0v) is 16.5. The molecule has 0 bridgehead atoms. The standard InChI is InChI=1S/C16H19N5O3S2/c1-9-13(10-8-25-11(19-10)5-6-17)26-14(18-9)20-15(24)21(7-12(22)23)16(2,3)4/h8H,5,7H2,1-4H3,(H,22,23)(H,18,20,24). The van der Waals surface area contributed by atoms with E-state index in [2.05, 4.69) is 21.4 Å². The number of nitrogens with one attached hydrogen (secondary N) is 1. The van der Waals surface area contributed by atoms with E-state index in [1.54, 1.807) is 20.8 Å². The number of aromatic nitrogens is 2. The number of aryl methyl sites for hydroxylation is 1. The van der Waals surface area contributed by atoms with Crippen molar-refractivity contribution < 1.29 is 14.7 Å². The van der Waals surface area contributed by atoms with Crippen LogP contribution in [0.3, 0.4) is 0 Å². The number of urea groups is 1. The molecule has 10 heteroatoms. The van der Waals surface area contributed by atoms with Crippen LogP contribution in [-0.4, -0.2) is 44.1 Å². The molecule has 0 unspecified atom stereocenters. The van der Waals surface area contributed by atoms with E-state index in [-0.39, 0.29) is 6.42 Å². The average Bonchev–Trinajstić information content (AvgIpc) is 3.10. The summed E-state index contributed by atoms with van der Waals surface area (Å²) in [7, 11) is 0. The normalized spacial score (nSPS) is 11.0. The quantitative estimate of drug-likeness (QED) is 0.804. The average molecular weight is 393 g/mol. The molecule has 8 nitrogen and oxygen atoms in total. The second-order valence-electron chi connectivity index (χ2n) is 6.48. The predicted octanol–water partition coefficient (Wildman–Crippen LogP) is 3.36. The van der Waals surface area contributed by atoms with Gasteiger partial charge >= 0.3 is 12.0 Å². The van der Waals surface area contributed by atoms with E-state index in [4.69, 9.17) is 10.4 Å². The topological polar surface area (TPSA) is 119 Å². The molecule has 2 N–H and O–H groups in total. The maximum atomic E-state index is 12.5. The number of carboxylic acids is 1. The first kappa shape index (κ1) is 19.8. The first-order chi connectivity index (χ1) is 12.1. The zero-order chi connectivity index (χ0) is 19.5. The molecule has 2 aromatic rings. The molecule has 2 rings (SSSR count). The Balaban J connectivity index is 2.21. The van der Waals surface area contributed by atoms with Gasteiger partial charge in [-0.15, -0.1) is 11.3 Å². The number of carbonyl (C=O) groups is 2. The number of thiazole rings is 2. The van der Waals surface area contributed by atoms with Crippen molar-refractivity contribution in [3.8, 4) is 16.6 Å². The van der Waals surface area contributed by atoms with Crippen LogP contribution in [0.15, 0.2) is 5.38 Å². The number of anilines is 1. The summed E-state index contributed by atoms with van der Waals surface area (Å²) in [4.78, 5) is 34.3. The molecule has 0 saturated carbocycles. The fourth-order valence-electron chi connectivity index (χ4n) is 2.16. The smallest absolute Gasteiger partial charge is 0.324 e. The fourth-order valence-corrected chi connectivity index (χ4v) is 3.87. The third kappa shape index (κ3) is 4.77. The summed E-state index contributed by atoms with van der Waals surface area (Å²) in [5.74, 6) is -1.08. The van der Waals surface area contributed by atoms with Gasteiger partial charge in [0, 0.05) is 10.9 Å². The number of carbonyl (C=O) groups excluding carboxylic acids is 1. The second-order valence-corrected chi connectivity index (χ2v) is 8.42. The number of aliphatic carboxylic acids is 1. The lowest BCUT2D eigenvalue weighted by Gasteiger charge is -2.33. The third-order valence-corrected chi connectivity index (χ3v) is 5.32. The lowest BCUT2D eigenvalue weighted by molar-refractivity contribution is -0.138. The molecule has 2 heterocycles. The molecule has 26 heavy (non-hydrogen) atoms. The SMILES string of the molecule is Cc1nc(NC(=O)N(CC(=O)O)C(C)(C)C)sc1-c1csc(CC#N)n1. The van der Waals surface area contributed by atoms with Crippen molar-refractivity contribution in [3.63, 3.8) is 0 Å². The Morgan fingerprint density at radius 1 is 1.38 bits per heavy atom. The number of nitriles is 1. The van der Waals surface area contributed by atoms with Crippen molar-refractivity contribution in [2.45, 2.75) is 39.7 Å². The first-order valence-corrected chi connectivity index (χ1v) is 9.41. The zero-order valence-electron chi connectivity index (χ0n) is 14.9. The van der Waals surface area contributed by atoms with E-state index in [9.17, 15) is 9.59 Å². The van der Waals surface area contributed by atoms with Crippen molar-refractivity contribution >= 4 is 39.8 Å². The molecule has 0 aromatic carbocycles. The van der Waals surface area contributed by atoms with Crippen LogP contribution in [0.2, 0.25) is 0 Å². The van der Waals surface area contributed by atoms with Gasteiger partial charge in [-0.1, -0.05) is 11.3 Å². The largest absolute Gasteiger partial charge is 0.480 e. The summed E-state index contributed by atoms with van der Waals surface area (Å²) in [6.45, 7) is 6.69. The molecule has 0 spiro atoms. The monoisotopic (exact) mass is 393 g/mol. The highest BCUT2D eigenvalue weighted by Gasteiger charge is 2.29. The molecule has 0 aliphatic heterocycles. The summed E-state index contributed by atoms with van der Waals surface area (Å²) in [6, 6.07) is 1.54. The molecule has 0 aliphatic rings. The van der Waals surface area contributed by atoms with Gasteiger partial charge < -0.3 is 10.0 Å². The van der Waals surface area contributed by atoms with Crippen LogP contribution in [0.5, 0.6) is 0 Å². The van der Waals surface area contributed by atoms with Crippen LogP contribution in [0, 0.1) is 18.3 Å². The van der Waals surface area contributed by atoms with Gasteiger partial charge in [0.2, 0.25) is 0 Å². The Morgan fingerprint density at radius 2 is 2.08 bits per heavy atom. The van der Waals surface area contributed by atoms with Crippen LogP contribution < -0.4 is 5.32 Å². The number of hydrogen-bond donors (Lipinski definition) is 2. The summed E-state index contributed by atoms with van der Waals surface area (Å²) in [6.07, 6.45) is 0.252. The Kier molecular flexibility index (Phi) is 5.94. The van der Waals surface area contributed by atoms with E-state index in [1.165, 1.54) is 27.6 Å². The molecule has 0 fully saturated rings. The molecular formula is C16H19N5O3S2. The van der Waals surface area contributed by atoms with E-state index in [0.29, 0.717) is 16.5 Å². The summed E-state index contributed by atoms with van der Waals surface area (Å²) >= 11 is 2.66. The maximum Gasteiger partial charge on any atom is 0.324 e. The van der Waals surface area contributed by atoms with Gasteiger partial charge in [0.1, 0.15) is 11.6 Å². The molecule has 2 aromatic heterocycles. The van der Waals surface area contributed by atoms with E-state index >= 15 is 0 Å². The molecule has 0 saturated heterocycles. The van der Waals surface area contributed by atoms with Crippen molar-refractivity contribution in [2.75, 3.05) is 11.9 Å². The molecule has 0 radical (unpaired) electrons. The van der Waals surface area contributed by atoms with Crippen LogP contribution in [0.4, 0.5) is 9.93 Å². The highest BCUT2D eigenvalue weighted by atomic mass is 32.1. The lowest BCUT2D eigenvalue weighted by Crippen LogP contribution is -2.50. The number of carboxylic acid groups (broad SMARTS) is 1. The number of amides is 2. The van der Waals surface area contributed by atoms with Gasteiger partial charge in [0.25, 0.3) is 0 Å². The molecule has 0 aliphatic carbocycles. The predicted molar refractivity (Wildman–Crippen MR) is 100 cm³/mol. The third-order valence-electron chi connectivity index (χ3n) is 3.37. The second kappa shape index (κ2) is 7.80. The van der Waals surface area contributed by atoms with E-state index in [1.807, 2.05) is 12.3 Å².